The minimum Gasteiger partial charge on any atom is -0.350 e. The Morgan fingerprint density at radius 2 is 1.67 bits per heavy atom. The average molecular weight is 171 g/mol. The lowest BCUT2D eigenvalue weighted by molar-refractivity contribution is -0.0961. The van der Waals surface area contributed by atoms with Gasteiger partial charge in [0.25, 0.3) is 0 Å². The van der Waals surface area contributed by atoms with Crippen molar-refractivity contribution in [2.75, 3.05) is 33.4 Å². The van der Waals surface area contributed by atoms with Crippen molar-refractivity contribution in [2.24, 2.45) is 5.92 Å². The molecule has 2 saturated heterocycles. The van der Waals surface area contributed by atoms with Crippen LogP contribution in [0.15, 0.2) is 0 Å². The molecule has 12 heavy (non-hydrogen) atoms. The zero-order chi connectivity index (χ0) is 8.39. The summed E-state index contributed by atoms with van der Waals surface area (Å²) in [7, 11) is 2.17. The number of hydrogen-bond donors (Lipinski definition) is 0. The van der Waals surface area contributed by atoms with Gasteiger partial charge in [-0.2, -0.15) is 0 Å². The summed E-state index contributed by atoms with van der Waals surface area (Å²) < 4.78 is 11.0. The molecule has 0 amide bonds. The van der Waals surface area contributed by atoms with Crippen molar-refractivity contribution in [1.82, 2.24) is 4.90 Å². The molecule has 0 aromatic heterocycles. The summed E-state index contributed by atoms with van der Waals surface area (Å²) in [5, 5.41) is 0. The highest BCUT2D eigenvalue weighted by atomic mass is 16.7. The van der Waals surface area contributed by atoms with Crippen LogP contribution in [0.4, 0.5) is 0 Å². The zero-order valence-corrected chi connectivity index (χ0v) is 7.66. The van der Waals surface area contributed by atoms with E-state index in [0.717, 1.165) is 13.2 Å². The van der Waals surface area contributed by atoms with Crippen molar-refractivity contribution in [3.63, 3.8) is 0 Å². The third kappa shape index (κ3) is 1.79. The van der Waals surface area contributed by atoms with E-state index in [0.29, 0.717) is 5.92 Å². The first-order valence-corrected chi connectivity index (χ1v) is 4.78. The van der Waals surface area contributed by atoms with Crippen LogP contribution in [0.1, 0.15) is 12.8 Å². The monoisotopic (exact) mass is 171 g/mol. The molecular formula is C9H17NO2. The van der Waals surface area contributed by atoms with Gasteiger partial charge in [0.1, 0.15) is 0 Å². The molecule has 2 aliphatic rings. The van der Waals surface area contributed by atoms with Crippen LogP contribution in [0.5, 0.6) is 0 Å². The summed E-state index contributed by atoms with van der Waals surface area (Å²) in [6.45, 7) is 3.95. The topological polar surface area (TPSA) is 21.7 Å². The lowest BCUT2D eigenvalue weighted by Crippen LogP contribution is -2.35. The Morgan fingerprint density at radius 3 is 2.25 bits per heavy atom. The Balaban J connectivity index is 1.80. The predicted molar refractivity (Wildman–Crippen MR) is 45.9 cm³/mol. The van der Waals surface area contributed by atoms with Crippen molar-refractivity contribution in [2.45, 2.75) is 19.1 Å². The van der Waals surface area contributed by atoms with Crippen LogP contribution in [-0.4, -0.2) is 44.5 Å². The molecule has 0 N–H and O–H groups in total. The van der Waals surface area contributed by atoms with Gasteiger partial charge >= 0.3 is 0 Å². The van der Waals surface area contributed by atoms with E-state index in [4.69, 9.17) is 9.47 Å². The van der Waals surface area contributed by atoms with Crippen molar-refractivity contribution < 1.29 is 9.47 Å². The van der Waals surface area contributed by atoms with Gasteiger partial charge in [0.2, 0.25) is 0 Å². The van der Waals surface area contributed by atoms with E-state index in [1.807, 2.05) is 0 Å². The number of hydrogen-bond acceptors (Lipinski definition) is 3. The summed E-state index contributed by atoms with van der Waals surface area (Å²) in [5.74, 6) is 0.642. The number of nitrogens with zero attached hydrogens (tertiary/aromatic N) is 1. The summed E-state index contributed by atoms with van der Waals surface area (Å²) in [5.41, 5.74) is 0. The van der Waals surface area contributed by atoms with Crippen LogP contribution < -0.4 is 0 Å². The standard InChI is InChI=1S/C9H17NO2/c1-10-4-2-8(3-5-10)9-11-6-7-12-9/h8-9H,2-7H2,1H3. The van der Waals surface area contributed by atoms with Gasteiger partial charge in [-0.1, -0.05) is 0 Å². The van der Waals surface area contributed by atoms with Crippen LogP contribution in [0.2, 0.25) is 0 Å². The van der Waals surface area contributed by atoms with E-state index in [2.05, 4.69) is 11.9 Å². The largest absolute Gasteiger partial charge is 0.350 e. The normalized spacial score (nSPS) is 29.8. The van der Waals surface area contributed by atoms with Crippen LogP contribution >= 0.6 is 0 Å². The van der Waals surface area contributed by atoms with Crippen molar-refractivity contribution in [1.29, 1.82) is 0 Å². The van der Waals surface area contributed by atoms with E-state index in [-0.39, 0.29) is 6.29 Å². The number of piperidine rings is 1. The minimum atomic E-state index is 0.110. The van der Waals surface area contributed by atoms with E-state index < -0.39 is 0 Å². The molecule has 2 fully saturated rings. The van der Waals surface area contributed by atoms with Crippen LogP contribution in [0, 0.1) is 5.92 Å². The van der Waals surface area contributed by atoms with Crippen molar-refractivity contribution in [3.8, 4) is 0 Å². The number of likely N-dealkylation sites (tertiary alicyclic amines) is 1. The van der Waals surface area contributed by atoms with Crippen LogP contribution in [0.3, 0.4) is 0 Å². The Morgan fingerprint density at radius 1 is 1.08 bits per heavy atom. The van der Waals surface area contributed by atoms with Crippen molar-refractivity contribution >= 4 is 0 Å². The smallest absolute Gasteiger partial charge is 0.160 e. The van der Waals surface area contributed by atoms with Crippen LogP contribution in [0.25, 0.3) is 0 Å². The Labute approximate surface area is 73.6 Å². The third-order valence-corrected chi connectivity index (χ3v) is 2.80. The molecule has 3 heteroatoms. The fourth-order valence-electron chi connectivity index (χ4n) is 1.95. The fourth-order valence-corrected chi connectivity index (χ4v) is 1.95. The van der Waals surface area contributed by atoms with Gasteiger partial charge in [-0.3, -0.25) is 0 Å². The number of ether oxygens (including phenoxy) is 2. The molecule has 0 aromatic carbocycles. The van der Waals surface area contributed by atoms with Gasteiger partial charge in [-0.05, 0) is 33.0 Å². The molecule has 70 valence electrons. The molecular weight excluding hydrogens is 154 g/mol. The maximum atomic E-state index is 5.49. The second kappa shape index (κ2) is 3.73. The molecule has 2 heterocycles. The molecule has 0 spiro atoms. The zero-order valence-electron chi connectivity index (χ0n) is 7.66. The van der Waals surface area contributed by atoms with Gasteiger partial charge in [0.15, 0.2) is 6.29 Å². The quantitative estimate of drug-likeness (QED) is 0.579. The summed E-state index contributed by atoms with van der Waals surface area (Å²) >= 11 is 0. The second-order valence-electron chi connectivity index (χ2n) is 3.75. The molecule has 2 aliphatic heterocycles. The fraction of sp³-hybridized carbons (Fsp3) is 1.00. The third-order valence-electron chi connectivity index (χ3n) is 2.80. The highest BCUT2D eigenvalue weighted by Crippen LogP contribution is 2.24. The summed E-state index contributed by atoms with van der Waals surface area (Å²) in [6.07, 6.45) is 2.56. The van der Waals surface area contributed by atoms with Gasteiger partial charge in [-0.25, -0.2) is 0 Å². The second-order valence-corrected chi connectivity index (χ2v) is 3.75. The van der Waals surface area contributed by atoms with Gasteiger partial charge in [0.05, 0.1) is 13.2 Å². The molecule has 0 atom stereocenters. The molecule has 0 aromatic rings. The first-order valence-electron chi connectivity index (χ1n) is 4.78. The molecule has 0 saturated carbocycles. The van der Waals surface area contributed by atoms with Gasteiger partial charge in [-0.15, -0.1) is 0 Å². The molecule has 0 bridgehead atoms. The molecule has 2 rings (SSSR count). The van der Waals surface area contributed by atoms with E-state index in [9.17, 15) is 0 Å². The Kier molecular flexibility index (Phi) is 2.63. The first kappa shape index (κ1) is 8.48. The van der Waals surface area contributed by atoms with E-state index in [1.165, 1.54) is 25.9 Å². The maximum Gasteiger partial charge on any atom is 0.160 e. The molecule has 0 radical (unpaired) electrons. The van der Waals surface area contributed by atoms with E-state index in [1.54, 1.807) is 0 Å². The average Bonchev–Trinajstić information content (AvgIpc) is 2.58. The molecule has 0 unspecified atom stereocenters. The Hall–Kier alpha value is -0.120. The molecule has 3 nitrogen and oxygen atoms in total. The highest BCUT2D eigenvalue weighted by Gasteiger charge is 2.29. The maximum absolute atomic E-state index is 5.49. The predicted octanol–water partition coefficient (Wildman–Crippen LogP) is 0.701. The van der Waals surface area contributed by atoms with Crippen molar-refractivity contribution in [3.05, 3.63) is 0 Å². The number of rotatable bonds is 1. The minimum absolute atomic E-state index is 0.110. The summed E-state index contributed by atoms with van der Waals surface area (Å²) in [4.78, 5) is 2.37. The van der Waals surface area contributed by atoms with Crippen LogP contribution in [-0.2, 0) is 9.47 Å². The highest BCUT2D eigenvalue weighted by molar-refractivity contribution is 4.74. The SMILES string of the molecule is CN1CCC(C2OCCO2)CC1. The molecule has 0 aliphatic carbocycles. The lowest BCUT2D eigenvalue weighted by atomic mass is 9.97. The first-order chi connectivity index (χ1) is 5.86. The summed E-state index contributed by atoms with van der Waals surface area (Å²) in [6, 6.07) is 0. The van der Waals surface area contributed by atoms with Gasteiger partial charge in [0, 0.05) is 5.92 Å². The van der Waals surface area contributed by atoms with Gasteiger partial charge < -0.3 is 14.4 Å². The lowest BCUT2D eigenvalue weighted by Gasteiger charge is -2.31. The Bertz CT molecular complexity index is 137. The van der Waals surface area contributed by atoms with E-state index >= 15 is 0 Å².